The molecule has 0 aromatic heterocycles. The van der Waals surface area contributed by atoms with E-state index in [9.17, 15) is 14.7 Å². The van der Waals surface area contributed by atoms with Crippen molar-refractivity contribution >= 4 is 11.8 Å². The highest BCUT2D eigenvalue weighted by atomic mass is 16.5. The summed E-state index contributed by atoms with van der Waals surface area (Å²) < 4.78 is 6.34. The number of aliphatic carboxylic acids is 1. The highest BCUT2D eigenvalue weighted by Crippen LogP contribution is 2.72. The Morgan fingerprint density at radius 1 is 1.38 bits per heavy atom. The highest BCUT2D eigenvalue weighted by Gasteiger charge is 2.76. The van der Waals surface area contributed by atoms with Crippen LogP contribution in [0.25, 0.3) is 0 Å². The van der Waals surface area contributed by atoms with Crippen molar-refractivity contribution in [2.75, 3.05) is 0 Å². The van der Waals surface area contributed by atoms with Gasteiger partial charge < -0.3 is 9.84 Å². The van der Waals surface area contributed by atoms with Crippen molar-refractivity contribution in [2.45, 2.75) is 53.8 Å². The molecular formula is C20H26O4. The number of allylic oxidation sites excluding steroid dienone is 2. The van der Waals surface area contributed by atoms with Crippen LogP contribution in [0.4, 0.5) is 0 Å². The van der Waals surface area contributed by atoms with Crippen molar-refractivity contribution in [3.8, 4) is 0 Å². The Morgan fingerprint density at radius 2 is 1.96 bits per heavy atom. The molecule has 3 aliphatic rings. The number of ether oxygens (including phenoxy) is 1. The van der Waals surface area contributed by atoms with Crippen LogP contribution in [-0.4, -0.2) is 29.1 Å². The Bertz CT molecular complexity index is 730. The van der Waals surface area contributed by atoms with E-state index in [1.165, 1.54) is 0 Å². The van der Waals surface area contributed by atoms with Crippen LogP contribution in [-0.2, 0) is 14.3 Å². The van der Waals surface area contributed by atoms with E-state index in [-0.39, 0.29) is 11.5 Å². The Labute approximate surface area is 143 Å². The fraction of sp³-hybridized carbons (Fsp3) is 0.600. The van der Waals surface area contributed by atoms with Gasteiger partial charge in [-0.3, -0.25) is 9.59 Å². The molecule has 2 fully saturated rings. The molecule has 24 heavy (non-hydrogen) atoms. The van der Waals surface area contributed by atoms with Gasteiger partial charge >= 0.3 is 5.97 Å². The summed E-state index contributed by atoms with van der Waals surface area (Å²) in [6, 6.07) is 0. The minimum Gasteiger partial charge on any atom is -0.480 e. The van der Waals surface area contributed by atoms with Gasteiger partial charge in [0, 0.05) is 22.3 Å². The fourth-order valence-corrected chi connectivity index (χ4v) is 5.74. The van der Waals surface area contributed by atoms with E-state index in [1.54, 1.807) is 6.92 Å². The van der Waals surface area contributed by atoms with Crippen molar-refractivity contribution < 1.29 is 19.4 Å². The van der Waals surface area contributed by atoms with Crippen LogP contribution >= 0.6 is 0 Å². The number of hydrogen-bond acceptors (Lipinski definition) is 3. The van der Waals surface area contributed by atoms with Crippen LogP contribution in [0, 0.1) is 22.2 Å². The molecule has 1 N–H and O–H groups in total. The topological polar surface area (TPSA) is 63.6 Å². The van der Waals surface area contributed by atoms with Crippen molar-refractivity contribution in [1.82, 2.24) is 0 Å². The second-order valence-corrected chi connectivity index (χ2v) is 8.18. The number of rotatable bonds is 2. The molecule has 2 aliphatic carbocycles. The number of carboxylic acid groups (broad SMARTS) is 1. The number of ketones is 1. The van der Waals surface area contributed by atoms with Crippen LogP contribution in [0.3, 0.4) is 0 Å². The predicted octanol–water partition coefficient (Wildman–Crippen LogP) is 3.54. The molecule has 0 bridgehead atoms. The van der Waals surface area contributed by atoms with Gasteiger partial charge in [-0.15, -0.1) is 0 Å². The number of carboxylic acids is 1. The first-order chi connectivity index (χ1) is 11.0. The first-order valence-electron chi connectivity index (χ1n) is 8.42. The number of Topliss-reactive ketones (excluding diaryl/α,β-unsaturated/α-hetero) is 1. The van der Waals surface area contributed by atoms with Gasteiger partial charge in [-0.1, -0.05) is 38.2 Å². The van der Waals surface area contributed by atoms with Crippen LogP contribution in [0.1, 0.15) is 41.5 Å². The van der Waals surface area contributed by atoms with Crippen molar-refractivity contribution in [3.05, 3.63) is 35.5 Å². The number of hydrogen-bond donors (Lipinski definition) is 1. The SMILES string of the molecule is C=C1C(=O)[C@](C)(C(=O)O)C2C(C)=C[C@]3(C)C(/C(C)=C/C)OC1[C@]23C. The maximum Gasteiger partial charge on any atom is 0.317 e. The molecule has 0 spiro atoms. The Morgan fingerprint density at radius 3 is 2.46 bits per heavy atom. The lowest BCUT2D eigenvalue weighted by atomic mass is 9.48. The third-order valence-corrected chi connectivity index (χ3v) is 7.08. The second kappa shape index (κ2) is 4.69. The van der Waals surface area contributed by atoms with E-state index in [0.717, 1.165) is 11.1 Å². The molecule has 0 aromatic carbocycles. The molecular weight excluding hydrogens is 304 g/mol. The fourth-order valence-electron chi connectivity index (χ4n) is 5.74. The van der Waals surface area contributed by atoms with Crippen LogP contribution in [0.5, 0.6) is 0 Å². The molecule has 1 saturated heterocycles. The van der Waals surface area contributed by atoms with Crippen LogP contribution in [0.2, 0.25) is 0 Å². The second-order valence-electron chi connectivity index (χ2n) is 8.18. The molecule has 1 saturated carbocycles. The van der Waals surface area contributed by atoms with Gasteiger partial charge in [-0.05, 0) is 33.3 Å². The van der Waals surface area contributed by atoms with Gasteiger partial charge in [0.2, 0.25) is 0 Å². The summed E-state index contributed by atoms with van der Waals surface area (Å²) >= 11 is 0. The van der Waals surface area contributed by atoms with Crippen LogP contribution < -0.4 is 0 Å². The lowest BCUT2D eigenvalue weighted by Gasteiger charge is -2.52. The predicted molar refractivity (Wildman–Crippen MR) is 91.4 cm³/mol. The minimum absolute atomic E-state index is 0.182. The van der Waals surface area contributed by atoms with Gasteiger partial charge in [0.25, 0.3) is 0 Å². The maximum atomic E-state index is 13.0. The van der Waals surface area contributed by atoms with E-state index in [4.69, 9.17) is 4.74 Å². The van der Waals surface area contributed by atoms with E-state index in [0.29, 0.717) is 5.57 Å². The first kappa shape index (κ1) is 17.2. The van der Waals surface area contributed by atoms with Gasteiger partial charge in [0.05, 0.1) is 12.2 Å². The van der Waals surface area contributed by atoms with E-state index in [2.05, 4.69) is 26.5 Å². The highest BCUT2D eigenvalue weighted by molar-refractivity contribution is 6.13. The summed E-state index contributed by atoms with van der Waals surface area (Å²) in [5.74, 6) is -1.88. The van der Waals surface area contributed by atoms with Gasteiger partial charge in [-0.25, -0.2) is 0 Å². The largest absolute Gasteiger partial charge is 0.480 e. The van der Waals surface area contributed by atoms with Gasteiger partial charge in [-0.2, -0.15) is 0 Å². The monoisotopic (exact) mass is 330 g/mol. The Hall–Kier alpha value is -1.68. The maximum absolute atomic E-state index is 13.0. The summed E-state index contributed by atoms with van der Waals surface area (Å²) in [4.78, 5) is 25.1. The smallest absolute Gasteiger partial charge is 0.317 e. The zero-order chi connectivity index (χ0) is 18.2. The summed E-state index contributed by atoms with van der Waals surface area (Å²) in [6.45, 7) is 15.6. The first-order valence-corrected chi connectivity index (χ1v) is 8.42. The summed E-state index contributed by atoms with van der Waals surface area (Å²) in [5, 5.41) is 9.92. The molecule has 6 atom stereocenters. The Balaban J connectivity index is 2.31. The Kier molecular flexibility index (Phi) is 3.35. The zero-order valence-electron chi connectivity index (χ0n) is 15.3. The molecule has 3 rings (SSSR count). The normalized spacial score (nSPS) is 47.7. The molecule has 1 aliphatic heterocycles. The number of carbonyl (C=O) groups is 2. The molecule has 1 heterocycles. The van der Waals surface area contributed by atoms with E-state index in [1.807, 2.05) is 26.8 Å². The molecule has 3 unspecified atom stereocenters. The lowest BCUT2D eigenvalue weighted by molar-refractivity contribution is -0.164. The van der Waals surface area contributed by atoms with E-state index >= 15 is 0 Å². The van der Waals surface area contributed by atoms with Crippen molar-refractivity contribution in [3.63, 3.8) is 0 Å². The quantitative estimate of drug-likeness (QED) is 0.478. The zero-order valence-corrected chi connectivity index (χ0v) is 15.3. The lowest BCUT2D eigenvalue weighted by Crippen LogP contribution is -2.60. The van der Waals surface area contributed by atoms with E-state index < -0.39 is 34.6 Å². The summed E-state index contributed by atoms with van der Waals surface area (Å²) in [5.41, 5.74) is -0.0292. The average molecular weight is 330 g/mol. The molecule has 130 valence electrons. The summed E-state index contributed by atoms with van der Waals surface area (Å²) in [6.07, 6.45) is 3.52. The molecule has 0 amide bonds. The number of carbonyl (C=O) groups excluding carboxylic acids is 1. The standard InChI is InChI=1S/C20H26O4/c1-8-10(2)15-18(5)9-11(3)13-19(6,17(22)23)14(21)12(4)16(24-15)20(13,18)7/h8-9,13,15-16H,4H2,1-3,5-7H3,(H,22,23)/b10-8+/t13?,15?,16?,18-,19-,20+/m1/s1. The van der Waals surface area contributed by atoms with Crippen molar-refractivity contribution in [1.29, 1.82) is 0 Å². The van der Waals surface area contributed by atoms with Gasteiger partial charge in [0.15, 0.2) is 5.78 Å². The van der Waals surface area contributed by atoms with Crippen molar-refractivity contribution in [2.24, 2.45) is 22.2 Å². The average Bonchev–Trinajstić information content (AvgIpc) is 2.85. The van der Waals surface area contributed by atoms with Crippen LogP contribution in [0.15, 0.2) is 35.5 Å². The minimum atomic E-state index is -1.50. The molecule has 4 nitrogen and oxygen atoms in total. The molecule has 0 aromatic rings. The summed E-state index contributed by atoms with van der Waals surface area (Å²) in [7, 11) is 0. The third-order valence-electron chi connectivity index (χ3n) is 7.08. The molecule has 4 heteroatoms. The third kappa shape index (κ3) is 1.53. The molecule has 0 radical (unpaired) electrons. The van der Waals surface area contributed by atoms with Gasteiger partial charge in [0.1, 0.15) is 5.41 Å².